The van der Waals surface area contributed by atoms with Gasteiger partial charge in [0.05, 0.1) is 6.10 Å². The largest absolute Gasteiger partial charge is 0.381 e. The molecule has 20 heavy (non-hydrogen) atoms. The third-order valence-electron chi connectivity index (χ3n) is 3.47. The van der Waals surface area contributed by atoms with Crippen molar-refractivity contribution in [2.45, 2.75) is 36.4 Å². The molecule has 1 aliphatic carbocycles. The molecule has 0 bridgehead atoms. The van der Waals surface area contributed by atoms with Gasteiger partial charge in [0.2, 0.25) is 0 Å². The van der Waals surface area contributed by atoms with Crippen molar-refractivity contribution in [3.63, 3.8) is 0 Å². The van der Waals surface area contributed by atoms with Crippen molar-refractivity contribution in [1.82, 2.24) is 14.1 Å². The van der Waals surface area contributed by atoms with Crippen LogP contribution < -0.4 is 4.72 Å². The summed E-state index contributed by atoms with van der Waals surface area (Å²) in [5.41, 5.74) is 0. The van der Waals surface area contributed by atoms with Crippen molar-refractivity contribution >= 4 is 37.9 Å². The summed E-state index contributed by atoms with van der Waals surface area (Å²) in [6.07, 6.45) is 4.07. The van der Waals surface area contributed by atoms with Crippen molar-refractivity contribution < 1.29 is 13.2 Å². The van der Waals surface area contributed by atoms with Crippen LogP contribution in [-0.2, 0) is 14.8 Å². The van der Waals surface area contributed by atoms with Crippen molar-refractivity contribution in [1.29, 1.82) is 0 Å². The average Bonchev–Trinajstić information content (AvgIpc) is 3.03. The fourth-order valence-electron chi connectivity index (χ4n) is 2.52. The number of methoxy groups -OCH3 is 1. The molecule has 0 aliphatic heterocycles. The summed E-state index contributed by atoms with van der Waals surface area (Å²) in [5.74, 6) is 0. The molecule has 9 heteroatoms. The Morgan fingerprint density at radius 3 is 3.05 bits per heavy atom. The van der Waals surface area contributed by atoms with Crippen molar-refractivity contribution in [3.8, 4) is 0 Å². The molecular formula is C11H14ClN3O3S2. The fraction of sp³-hybridized carbons (Fsp3) is 0.545. The van der Waals surface area contributed by atoms with Crippen LogP contribution in [0, 0.1) is 0 Å². The lowest BCUT2D eigenvalue weighted by molar-refractivity contribution is 0.107. The van der Waals surface area contributed by atoms with Crippen molar-refractivity contribution in [2.75, 3.05) is 7.11 Å². The predicted molar refractivity (Wildman–Crippen MR) is 76.8 cm³/mol. The number of thiazole rings is 1. The summed E-state index contributed by atoms with van der Waals surface area (Å²) < 4.78 is 34.4. The maximum atomic E-state index is 12.5. The maximum absolute atomic E-state index is 12.5. The van der Waals surface area contributed by atoms with E-state index in [2.05, 4.69) is 9.71 Å². The highest BCUT2D eigenvalue weighted by atomic mass is 35.5. The highest BCUT2D eigenvalue weighted by molar-refractivity contribution is 7.89. The van der Waals surface area contributed by atoms with Gasteiger partial charge in [-0.3, -0.25) is 4.40 Å². The first kappa shape index (κ1) is 14.3. The molecule has 3 rings (SSSR count). The Hall–Kier alpha value is -0.670. The minimum Gasteiger partial charge on any atom is -0.381 e. The van der Waals surface area contributed by atoms with Crippen LogP contribution in [0.15, 0.2) is 16.6 Å². The Morgan fingerprint density at radius 1 is 1.55 bits per heavy atom. The van der Waals surface area contributed by atoms with E-state index in [1.165, 1.54) is 15.7 Å². The number of halogens is 1. The highest BCUT2D eigenvalue weighted by Crippen LogP contribution is 2.28. The van der Waals surface area contributed by atoms with E-state index in [9.17, 15) is 8.42 Å². The lowest BCUT2D eigenvalue weighted by Gasteiger charge is -2.13. The number of nitrogens with zero attached hydrogens (tertiary/aromatic N) is 2. The standard InChI is InChI=1S/C11H14ClN3O3S2/c1-18-8-3-2-7(6-8)14-20(16,17)10-9(12)13-11-15(10)4-5-19-11/h4-5,7-8,14H,2-3,6H2,1H3. The summed E-state index contributed by atoms with van der Waals surface area (Å²) in [4.78, 5) is 4.61. The zero-order valence-electron chi connectivity index (χ0n) is 10.7. The normalized spacial score (nSPS) is 23.7. The number of imidazole rings is 1. The summed E-state index contributed by atoms with van der Waals surface area (Å²) in [7, 11) is -2.05. The quantitative estimate of drug-likeness (QED) is 0.926. The molecule has 0 saturated heterocycles. The van der Waals surface area contributed by atoms with Crippen LogP contribution in [0.3, 0.4) is 0 Å². The van der Waals surface area contributed by atoms with Gasteiger partial charge >= 0.3 is 0 Å². The van der Waals surface area contributed by atoms with E-state index in [-0.39, 0.29) is 22.3 Å². The molecule has 0 amide bonds. The summed E-state index contributed by atoms with van der Waals surface area (Å²) in [6.45, 7) is 0. The van der Waals surface area contributed by atoms with Gasteiger partial charge in [-0.2, -0.15) is 0 Å². The average molecular weight is 336 g/mol. The van der Waals surface area contributed by atoms with E-state index in [1.807, 2.05) is 0 Å². The van der Waals surface area contributed by atoms with Gasteiger partial charge in [-0.15, -0.1) is 11.3 Å². The molecule has 110 valence electrons. The van der Waals surface area contributed by atoms with Crippen LogP contribution in [0.2, 0.25) is 5.15 Å². The van der Waals surface area contributed by atoms with Crippen LogP contribution >= 0.6 is 22.9 Å². The highest BCUT2D eigenvalue weighted by Gasteiger charge is 2.32. The molecular weight excluding hydrogens is 322 g/mol. The molecule has 6 nitrogen and oxygen atoms in total. The summed E-state index contributed by atoms with van der Waals surface area (Å²) in [5, 5.41) is 1.79. The van der Waals surface area contributed by atoms with E-state index in [0.29, 0.717) is 11.4 Å². The Kier molecular flexibility index (Phi) is 3.76. The van der Waals surface area contributed by atoms with Crippen LogP contribution in [0.1, 0.15) is 19.3 Å². The van der Waals surface area contributed by atoms with E-state index in [4.69, 9.17) is 16.3 Å². The minimum atomic E-state index is -3.69. The Balaban J connectivity index is 1.88. The van der Waals surface area contributed by atoms with E-state index >= 15 is 0 Å². The van der Waals surface area contributed by atoms with Crippen molar-refractivity contribution in [3.05, 3.63) is 16.7 Å². The molecule has 0 spiro atoms. The number of rotatable bonds is 4. The van der Waals surface area contributed by atoms with Gasteiger partial charge in [0.15, 0.2) is 15.1 Å². The first-order valence-corrected chi connectivity index (χ1v) is 8.91. The monoisotopic (exact) mass is 335 g/mol. The summed E-state index contributed by atoms with van der Waals surface area (Å²) >= 11 is 7.31. The molecule has 2 unspecified atom stereocenters. The topological polar surface area (TPSA) is 72.7 Å². The molecule has 1 N–H and O–H groups in total. The van der Waals surface area contributed by atoms with Crippen LogP contribution in [0.4, 0.5) is 0 Å². The number of sulfonamides is 1. The van der Waals surface area contributed by atoms with Gasteiger partial charge in [-0.25, -0.2) is 18.1 Å². The van der Waals surface area contributed by atoms with Gasteiger partial charge in [0.1, 0.15) is 0 Å². The van der Waals surface area contributed by atoms with Gasteiger partial charge in [0, 0.05) is 24.7 Å². The maximum Gasteiger partial charge on any atom is 0.260 e. The lowest BCUT2D eigenvalue weighted by atomic mass is 10.3. The molecule has 2 atom stereocenters. The van der Waals surface area contributed by atoms with E-state index in [0.717, 1.165) is 12.8 Å². The number of hydrogen-bond acceptors (Lipinski definition) is 5. The number of fused-ring (bicyclic) bond motifs is 1. The van der Waals surface area contributed by atoms with Gasteiger partial charge in [-0.05, 0) is 19.3 Å². The number of hydrogen-bond donors (Lipinski definition) is 1. The first-order valence-electron chi connectivity index (χ1n) is 6.17. The number of ether oxygens (including phenoxy) is 1. The number of nitrogens with one attached hydrogen (secondary N) is 1. The van der Waals surface area contributed by atoms with Crippen LogP contribution in [0.25, 0.3) is 4.96 Å². The molecule has 2 heterocycles. The van der Waals surface area contributed by atoms with Crippen LogP contribution in [0.5, 0.6) is 0 Å². The smallest absolute Gasteiger partial charge is 0.260 e. The first-order chi connectivity index (χ1) is 9.51. The predicted octanol–water partition coefficient (Wildman–Crippen LogP) is 1.89. The third-order valence-corrected chi connectivity index (χ3v) is 6.15. The second-order valence-corrected chi connectivity index (χ2v) is 7.61. The Labute approximate surface area is 125 Å². The molecule has 2 aromatic heterocycles. The SMILES string of the molecule is COC1CCC(NS(=O)(=O)c2c(Cl)nc3sccn23)C1. The molecule has 1 aliphatic rings. The molecule has 1 fully saturated rings. The fourth-order valence-corrected chi connectivity index (χ4v) is 5.25. The van der Waals surface area contributed by atoms with E-state index < -0.39 is 10.0 Å². The molecule has 0 aromatic carbocycles. The number of aromatic nitrogens is 2. The third kappa shape index (κ3) is 2.46. The Morgan fingerprint density at radius 2 is 2.35 bits per heavy atom. The van der Waals surface area contributed by atoms with E-state index in [1.54, 1.807) is 18.7 Å². The minimum absolute atomic E-state index is 0.00522. The Bertz CT molecular complexity index is 724. The van der Waals surface area contributed by atoms with Crippen molar-refractivity contribution in [2.24, 2.45) is 0 Å². The lowest BCUT2D eigenvalue weighted by Crippen LogP contribution is -2.34. The zero-order chi connectivity index (χ0) is 14.3. The molecule has 0 radical (unpaired) electrons. The molecule has 1 saturated carbocycles. The zero-order valence-corrected chi connectivity index (χ0v) is 13.1. The second kappa shape index (κ2) is 5.27. The van der Waals surface area contributed by atoms with Gasteiger partial charge in [-0.1, -0.05) is 11.6 Å². The van der Waals surface area contributed by atoms with Gasteiger partial charge in [0.25, 0.3) is 10.0 Å². The molecule has 2 aromatic rings. The van der Waals surface area contributed by atoms with Gasteiger partial charge < -0.3 is 4.74 Å². The summed E-state index contributed by atoms with van der Waals surface area (Å²) in [6, 6.07) is -0.120. The van der Waals surface area contributed by atoms with Crippen LogP contribution in [-0.4, -0.2) is 37.1 Å². The second-order valence-electron chi connectivity index (χ2n) is 4.75.